The number of nitrogens with one attached hydrogen (secondary N) is 2. The Kier molecular flexibility index (Phi) is 6.04. The minimum Gasteiger partial charge on any atom is -0.360 e. The van der Waals surface area contributed by atoms with Gasteiger partial charge in [0.15, 0.2) is 5.11 Å². The fourth-order valence-corrected chi connectivity index (χ4v) is 3.27. The first kappa shape index (κ1) is 16.3. The van der Waals surface area contributed by atoms with Crippen LogP contribution in [0.2, 0.25) is 0 Å². The second-order valence-corrected chi connectivity index (χ2v) is 6.90. The number of thiocarbonyl (C=S) groups is 1. The Morgan fingerprint density at radius 1 is 1.00 bits per heavy atom. The van der Waals surface area contributed by atoms with Crippen molar-refractivity contribution in [3.8, 4) is 0 Å². The third-order valence-electron chi connectivity index (χ3n) is 4.39. The molecule has 0 radical (unpaired) electrons. The van der Waals surface area contributed by atoms with Crippen molar-refractivity contribution in [1.29, 1.82) is 0 Å². The lowest BCUT2D eigenvalue weighted by molar-refractivity contribution is 0.411. The van der Waals surface area contributed by atoms with Crippen LogP contribution in [0, 0.1) is 0 Å². The van der Waals surface area contributed by atoms with Crippen molar-refractivity contribution in [3.05, 3.63) is 35.4 Å². The van der Waals surface area contributed by atoms with Gasteiger partial charge in [0.05, 0.1) is 6.04 Å². The van der Waals surface area contributed by atoms with E-state index in [0.29, 0.717) is 12.0 Å². The number of hydrogen-bond acceptors (Lipinski definition) is 1. The molecule has 0 amide bonds. The highest BCUT2D eigenvalue weighted by atomic mass is 32.1. The van der Waals surface area contributed by atoms with Gasteiger partial charge >= 0.3 is 0 Å². The lowest BCUT2D eigenvalue weighted by Gasteiger charge is -2.26. The van der Waals surface area contributed by atoms with Gasteiger partial charge in [0.1, 0.15) is 0 Å². The summed E-state index contributed by atoms with van der Waals surface area (Å²) in [5, 5.41) is 7.68. The summed E-state index contributed by atoms with van der Waals surface area (Å²) in [6.07, 6.45) is 6.52. The van der Waals surface area contributed by atoms with Gasteiger partial charge in [-0.25, -0.2) is 0 Å². The van der Waals surface area contributed by atoms with E-state index in [9.17, 15) is 0 Å². The molecule has 1 atom stereocenters. The van der Waals surface area contributed by atoms with Gasteiger partial charge in [-0.15, -0.1) is 0 Å². The van der Waals surface area contributed by atoms with Crippen LogP contribution in [0.5, 0.6) is 0 Å². The molecule has 1 aromatic carbocycles. The average Bonchev–Trinajstić information content (AvgIpc) is 2.48. The van der Waals surface area contributed by atoms with E-state index in [-0.39, 0.29) is 6.04 Å². The molecule has 3 heteroatoms. The fourth-order valence-electron chi connectivity index (χ4n) is 2.92. The van der Waals surface area contributed by atoms with Gasteiger partial charge < -0.3 is 10.6 Å². The second-order valence-electron chi connectivity index (χ2n) is 6.50. The van der Waals surface area contributed by atoms with Crippen molar-refractivity contribution in [2.45, 2.75) is 70.9 Å². The van der Waals surface area contributed by atoms with E-state index >= 15 is 0 Å². The molecule has 0 unspecified atom stereocenters. The van der Waals surface area contributed by atoms with Crippen LogP contribution in [0.25, 0.3) is 0 Å². The molecule has 116 valence electrons. The third kappa shape index (κ3) is 4.99. The zero-order chi connectivity index (χ0) is 15.2. The minimum absolute atomic E-state index is 0.245. The van der Waals surface area contributed by atoms with Crippen molar-refractivity contribution in [1.82, 2.24) is 10.6 Å². The predicted octanol–water partition coefficient (Wildman–Crippen LogP) is 4.67. The summed E-state index contributed by atoms with van der Waals surface area (Å²) in [5.74, 6) is 0.580. The molecule has 21 heavy (non-hydrogen) atoms. The predicted molar refractivity (Wildman–Crippen MR) is 94.7 cm³/mol. The van der Waals surface area contributed by atoms with Gasteiger partial charge in [0.25, 0.3) is 0 Å². The van der Waals surface area contributed by atoms with E-state index in [1.807, 2.05) is 0 Å². The summed E-state index contributed by atoms with van der Waals surface area (Å²) < 4.78 is 0. The Labute approximate surface area is 134 Å². The quantitative estimate of drug-likeness (QED) is 0.791. The van der Waals surface area contributed by atoms with Crippen molar-refractivity contribution in [3.63, 3.8) is 0 Å². The van der Waals surface area contributed by atoms with E-state index in [1.165, 1.54) is 43.2 Å². The van der Waals surface area contributed by atoms with E-state index in [4.69, 9.17) is 12.2 Å². The molecule has 1 aromatic rings. The van der Waals surface area contributed by atoms with Crippen LogP contribution in [-0.4, -0.2) is 11.2 Å². The molecule has 0 aliphatic heterocycles. The molecule has 0 heterocycles. The zero-order valence-electron chi connectivity index (χ0n) is 13.5. The van der Waals surface area contributed by atoms with Gasteiger partial charge in [-0.2, -0.15) is 0 Å². The van der Waals surface area contributed by atoms with Crippen LogP contribution in [0.15, 0.2) is 24.3 Å². The molecule has 1 fully saturated rings. The van der Waals surface area contributed by atoms with Gasteiger partial charge in [-0.3, -0.25) is 0 Å². The lowest BCUT2D eigenvalue weighted by atomic mass is 9.96. The largest absolute Gasteiger partial charge is 0.360 e. The van der Waals surface area contributed by atoms with Crippen LogP contribution in [0.3, 0.4) is 0 Å². The Bertz CT molecular complexity index is 447. The fraction of sp³-hybridized carbons (Fsp3) is 0.611. The van der Waals surface area contributed by atoms with Gasteiger partial charge in [0.2, 0.25) is 0 Å². The number of hydrogen-bond donors (Lipinski definition) is 2. The van der Waals surface area contributed by atoms with Crippen molar-refractivity contribution >= 4 is 17.3 Å². The molecular weight excluding hydrogens is 276 g/mol. The van der Waals surface area contributed by atoms with Crippen molar-refractivity contribution < 1.29 is 0 Å². The summed E-state index contributed by atoms with van der Waals surface area (Å²) in [5.41, 5.74) is 2.67. The van der Waals surface area contributed by atoms with Crippen molar-refractivity contribution in [2.24, 2.45) is 0 Å². The maximum atomic E-state index is 5.46. The molecule has 0 aromatic heterocycles. The number of rotatable bonds is 4. The van der Waals surface area contributed by atoms with Gasteiger partial charge in [0, 0.05) is 6.04 Å². The first-order valence-corrected chi connectivity index (χ1v) is 8.64. The van der Waals surface area contributed by atoms with E-state index in [0.717, 1.165) is 5.11 Å². The SMILES string of the molecule is CC(C)c1ccc([C@@H](C)NC(=S)NC2CCCCC2)cc1. The Morgan fingerprint density at radius 3 is 2.14 bits per heavy atom. The van der Waals surface area contributed by atoms with E-state index in [2.05, 4.69) is 55.7 Å². The summed E-state index contributed by atoms with van der Waals surface area (Å²) in [6.45, 7) is 6.61. The van der Waals surface area contributed by atoms with Crippen LogP contribution in [0.4, 0.5) is 0 Å². The summed E-state index contributed by atoms with van der Waals surface area (Å²) >= 11 is 5.46. The monoisotopic (exact) mass is 304 g/mol. The molecule has 0 spiro atoms. The maximum Gasteiger partial charge on any atom is 0.166 e. The van der Waals surface area contributed by atoms with Gasteiger partial charge in [-0.1, -0.05) is 57.4 Å². The molecule has 2 nitrogen and oxygen atoms in total. The average molecular weight is 305 g/mol. The van der Waals surface area contributed by atoms with E-state index < -0.39 is 0 Å². The highest BCUT2D eigenvalue weighted by molar-refractivity contribution is 7.80. The molecule has 2 N–H and O–H groups in total. The molecule has 2 rings (SSSR count). The van der Waals surface area contributed by atoms with Crippen LogP contribution < -0.4 is 10.6 Å². The highest BCUT2D eigenvalue weighted by Gasteiger charge is 2.15. The van der Waals surface area contributed by atoms with Gasteiger partial charge in [-0.05, 0) is 49.0 Å². The Balaban J connectivity index is 1.84. The minimum atomic E-state index is 0.245. The van der Waals surface area contributed by atoms with Crippen LogP contribution in [-0.2, 0) is 0 Å². The van der Waals surface area contributed by atoms with Crippen LogP contribution >= 0.6 is 12.2 Å². The van der Waals surface area contributed by atoms with Crippen molar-refractivity contribution in [2.75, 3.05) is 0 Å². The molecule has 1 aliphatic carbocycles. The highest BCUT2D eigenvalue weighted by Crippen LogP contribution is 2.19. The van der Waals surface area contributed by atoms with E-state index in [1.54, 1.807) is 0 Å². The number of benzene rings is 1. The second kappa shape index (κ2) is 7.79. The molecule has 0 bridgehead atoms. The molecule has 1 saturated carbocycles. The normalized spacial score (nSPS) is 17.5. The zero-order valence-corrected chi connectivity index (χ0v) is 14.3. The first-order valence-electron chi connectivity index (χ1n) is 8.23. The summed E-state index contributed by atoms with van der Waals surface area (Å²) in [7, 11) is 0. The maximum absolute atomic E-state index is 5.46. The Hall–Kier alpha value is -1.09. The first-order chi connectivity index (χ1) is 10.1. The smallest absolute Gasteiger partial charge is 0.166 e. The third-order valence-corrected chi connectivity index (χ3v) is 4.63. The molecule has 0 saturated heterocycles. The topological polar surface area (TPSA) is 24.1 Å². The lowest BCUT2D eigenvalue weighted by Crippen LogP contribution is -2.43. The summed E-state index contributed by atoms with van der Waals surface area (Å²) in [4.78, 5) is 0. The Morgan fingerprint density at radius 2 is 1.57 bits per heavy atom. The molecule has 1 aliphatic rings. The molecular formula is C18H28N2S. The summed E-state index contributed by atoms with van der Waals surface area (Å²) in [6, 6.07) is 9.65. The van der Waals surface area contributed by atoms with Crippen LogP contribution in [0.1, 0.15) is 76.0 Å². The standard InChI is InChI=1S/C18H28N2S/c1-13(2)15-9-11-16(12-10-15)14(3)19-18(21)20-17-7-5-4-6-8-17/h9-14,17H,4-8H2,1-3H3,(H2,19,20,21)/t14-/m1/s1.